The molecule has 0 atom stereocenters. The second-order valence-electron chi connectivity index (χ2n) is 7.42. The number of carbonyl (C=O) groups is 2. The standard InChI is InChI=1S/C19H25N5O4/c1-4-24-16-14(17(26)22-19(24)28)12(9-13(21-16)10(2)3)18(27)23-7-5-11(6-8-23)15(20)25/h9-11H,4-8H2,1-3H3,(H2,20,25)(H,22,26,28). The van der Waals surface area contributed by atoms with Gasteiger partial charge < -0.3 is 10.6 Å². The van der Waals surface area contributed by atoms with Crippen LogP contribution in [-0.2, 0) is 11.3 Å². The maximum Gasteiger partial charge on any atom is 0.329 e. The van der Waals surface area contributed by atoms with Crippen molar-refractivity contribution in [3.63, 3.8) is 0 Å². The maximum absolute atomic E-state index is 13.2. The van der Waals surface area contributed by atoms with Crippen molar-refractivity contribution in [2.24, 2.45) is 11.7 Å². The van der Waals surface area contributed by atoms with Crippen LogP contribution in [0.1, 0.15) is 55.6 Å². The Hall–Kier alpha value is -2.97. The first-order valence-corrected chi connectivity index (χ1v) is 9.50. The van der Waals surface area contributed by atoms with E-state index in [0.717, 1.165) is 0 Å². The summed E-state index contributed by atoms with van der Waals surface area (Å²) in [5.74, 6) is -0.884. The smallest absolute Gasteiger partial charge is 0.329 e. The molecule has 2 amide bonds. The van der Waals surface area contributed by atoms with Gasteiger partial charge in [-0.2, -0.15) is 0 Å². The number of nitrogens with two attached hydrogens (primary N) is 1. The van der Waals surface area contributed by atoms with Crippen LogP contribution in [0.2, 0.25) is 0 Å². The van der Waals surface area contributed by atoms with E-state index in [1.165, 1.54) is 4.57 Å². The SMILES string of the molecule is CCn1c(=O)[nH]c(=O)c2c(C(=O)N3CCC(C(N)=O)CC3)cc(C(C)C)nc21. The first-order valence-electron chi connectivity index (χ1n) is 9.50. The van der Waals surface area contributed by atoms with Crippen LogP contribution in [0, 0.1) is 5.92 Å². The molecule has 0 spiro atoms. The van der Waals surface area contributed by atoms with Gasteiger partial charge in [0.25, 0.3) is 11.5 Å². The number of primary amides is 1. The third kappa shape index (κ3) is 3.44. The van der Waals surface area contributed by atoms with E-state index in [1.54, 1.807) is 17.9 Å². The molecular formula is C19H25N5O4. The molecule has 2 aromatic rings. The van der Waals surface area contributed by atoms with Crippen molar-refractivity contribution >= 4 is 22.8 Å². The van der Waals surface area contributed by atoms with Gasteiger partial charge >= 0.3 is 5.69 Å². The highest BCUT2D eigenvalue weighted by molar-refractivity contribution is 6.05. The van der Waals surface area contributed by atoms with E-state index in [2.05, 4.69) is 9.97 Å². The number of nitrogens with one attached hydrogen (secondary N) is 1. The van der Waals surface area contributed by atoms with Crippen molar-refractivity contribution in [2.45, 2.75) is 46.1 Å². The largest absolute Gasteiger partial charge is 0.369 e. The molecule has 0 bridgehead atoms. The zero-order chi connectivity index (χ0) is 20.6. The van der Waals surface area contributed by atoms with Crippen molar-refractivity contribution in [3.05, 3.63) is 38.2 Å². The Labute approximate surface area is 161 Å². The molecule has 1 fully saturated rings. The van der Waals surface area contributed by atoms with E-state index < -0.39 is 11.2 Å². The molecule has 28 heavy (non-hydrogen) atoms. The average molecular weight is 387 g/mol. The molecule has 3 heterocycles. The summed E-state index contributed by atoms with van der Waals surface area (Å²) in [5.41, 5.74) is 5.28. The van der Waals surface area contributed by atoms with Crippen LogP contribution in [0.15, 0.2) is 15.7 Å². The van der Waals surface area contributed by atoms with Crippen molar-refractivity contribution in [3.8, 4) is 0 Å². The number of carbonyl (C=O) groups excluding carboxylic acids is 2. The van der Waals surface area contributed by atoms with Gasteiger partial charge in [-0.25, -0.2) is 9.78 Å². The number of pyridine rings is 1. The number of aryl methyl sites for hydroxylation is 1. The van der Waals surface area contributed by atoms with Gasteiger partial charge in [0.05, 0.1) is 10.9 Å². The summed E-state index contributed by atoms with van der Waals surface area (Å²) in [6.45, 7) is 6.74. The van der Waals surface area contributed by atoms with Gasteiger partial charge in [-0.3, -0.25) is 23.9 Å². The molecule has 9 nitrogen and oxygen atoms in total. The van der Waals surface area contributed by atoms with Crippen molar-refractivity contribution in [1.82, 2.24) is 19.4 Å². The number of aromatic amines is 1. The molecule has 0 saturated carbocycles. The molecule has 3 N–H and O–H groups in total. The van der Waals surface area contributed by atoms with Gasteiger partial charge in [-0.05, 0) is 31.7 Å². The van der Waals surface area contributed by atoms with Crippen molar-refractivity contribution < 1.29 is 9.59 Å². The lowest BCUT2D eigenvalue weighted by molar-refractivity contribution is -0.123. The van der Waals surface area contributed by atoms with Gasteiger partial charge in [-0.15, -0.1) is 0 Å². The monoisotopic (exact) mass is 387 g/mol. The van der Waals surface area contributed by atoms with E-state index >= 15 is 0 Å². The average Bonchev–Trinajstić information content (AvgIpc) is 2.66. The number of hydrogen-bond donors (Lipinski definition) is 2. The third-order valence-corrected chi connectivity index (χ3v) is 5.29. The molecule has 150 valence electrons. The molecule has 1 saturated heterocycles. The summed E-state index contributed by atoms with van der Waals surface area (Å²) in [5, 5.41) is 0.118. The van der Waals surface area contributed by atoms with Gasteiger partial charge in [0, 0.05) is 31.2 Å². The zero-order valence-corrected chi connectivity index (χ0v) is 16.3. The summed E-state index contributed by atoms with van der Waals surface area (Å²) >= 11 is 0. The minimum Gasteiger partial charge on any atom is -0.369 e. The molecule has 0 unspecified atom stereocenters. The predicted octanol–water partition coefficient (Wildman–Crippen LogP) is 0.566. The number of likely N-dealkylation sites (tertiary alicyclic amines) is 1. The Kier molecular flexibility index (Phi) is 5.35. The summed E-state index contributed by atoms with van der Waals surface area (Å²) in [7, 11) is 0. The van der Waals surface area contributed by atoms with E-state index in [1.807, 2.05) is 13.8 Å². The van der Waals surface area contributed by atoms with Crippen LogP contribution in [0.25, 0.3) is 11.0 Å². The van der Waals surface area contributed by atoms with Gasteiger partial charge in [0.15, 0.2) is 5.65 Å². The van der Waals surface area contributed by atoms with E-state index in [4.69, 9.17) is 5.73 Å². The van der Waals surface area contributed by atoms with Crippen LogP contribution >= 0.6 is 0 Å². The molecule has 1 aliphatic heterocycles. The third-order valence-electron chi connectivity index (χ3n) is 5.29. The van der Waals surface area contributed by atoms with Crippen LogP contribution in [0.5, 0.6) is 0 Å². The molecule has 0 aromatic carbocycles. The Balaban J connectivity index is 2.14. The topological polar surface area (TPSA) is 131 Å². The number of H-pyrrole nitrogens is 1. The highest BCUT2D eigenvalue weighted by Crippen LogP contribution is 2.24. The number of hydrogen-bond acceptors (Lipinski definition) is 5. The quantitative estimate of drug-likeness (QED) is 0.791. The van der Waals surface area contributed by atoms with Crippen LogP contribution < -0.4 is 17.0 Å². The van der Waals surface area contributed by atoms with E-state index in [9.17, 15) is 19.2 Å². The van der Waals surface area contributed by atoms with Crippen LogP contribution in [0.3, 0.4) is 0 Å². The Bertz CT molecular complexity index is 1040. The van der Waals surface area contributed by atoms with E-state index in [-0.39, 0.29) is 40.2 Å². The lowest BCUT2D eigenvalue weighted by Gasteiger charge is -2.31. The fourth-order valence-corrected chi connectivity index (χ4v) is 3.59. The number of rotatable bonds is 4. The van der Waals surface area contributed by atoms with Gasteiger partial charge in [0.1, 0.15) is 0 Å². The Morgan fingerprint density at radius 2 is 1.93 bits per heavy atom. The molecule has 2 aromatic heterocycles. The molecule has 1 aliphatic rings. The molecule has 3 rings (SSSR count). The van der Waals surface area contributed by atoms with Crippen LogP contribution in [-0.4, -0.2) is 44.3 Å². The van der Waals surface area contributed by atoms with Gasteiger partial charge in [-0.1, -0.05) is 13.8 Å². The number of nitrogens with zero attached hydrogens (tertiary/aromatic N) is 3. The first-order chi connectivity index (χ1) is 13.2. The molecule has 9 heteroatoms. The predicted molar refractivity (Wildman–Crippen MR) is 104 cm³/mol. The van der Waals surface area contributed by atoms with Crippen LogP contribution in [0.4, 0.5) is 0 Å². The van der Waals surface area contributed by atoms with Gasteiger partial charge in [0.2, 0.25) is 5.91 Å². The second kappa shape index (κ2) is 7.57. The summed E-state index contributed by atoms with van der Waals surface area (Å²) < 4.78 is 1.36. The molecule has 0 aliphatic carbocycles. The highest BCUT2D eigenvalue weighted by Gasteiger charge is 2.29. The maximum atomic E-state index is 13.2. The number of amides is 2. The minimum atomic E-state index is -0.622. The molecule has 0 radical (unpaired) electrons. The fourth-order valence-electron chi connectivity index (χ4n) is 3.59. The normalized spacial score (nSPS) is 15.4. The fraction of sp³-hybridized carbons (Fsp3) is 0.526. The lowest BCUT2D eigenvalue weighted by atomic mass is 9.95. The van der Waals surface area contributed by atoms with E-state index in [0.29, 0.717) is 38.2 Å². The Morgan fingerprint density at radius 1 is 1.29 bits per heavy atom. The summed E-state index contributed by atoms with van der Waals surface area (Å²) in [6, 6.07) is 1.63. The molecular weight excluding hydrogens is 362 g/mol. The Morgan fingerprint density at radius 3 is 2.46 bits per heavy atom. The first kappa shape index (κ1) is 19.8. The van der Waals surface area contributed by atoms with Crippen molar-refractivity contribution in [2.75, 3.05) is 13.1 Å². The number of fused-ring (bicyclic) bond motifs is 1. The number of aromatic nitrogens is 3. The minimum absolute atomic E-state index is 0.0104. The van der Waals surface area contributed by atoms with Crippen molar-refractivity contribution in [1.29, 1.82) is 0 Å². The zero-order valence-electron chi connectivity index (χ0n) is 16.3. The lowest BCUT2D eigenvalue weighted by Crippen LogP contribution is -2.42. The second-order valence-corrected chi connectivity index (χ2v) is 7.42. The summed E-state index contributed by atoms with van der Waals surface area (Å²) in [6.07, 6.45) is 0.994. The summed E-state index contributed by atoms with van der Waals surface area (Å²) in [4.78, 5) is 57.8. The highest BCUT2D eigenvalue weighted by atomic mass is 16.2. The number of piperidine rings is 1.